The Hall–Kier alpha value is -4.23. The standard InChI is InChI=1S/C30H28N2O4S/c1-20-8-7-11-22(18-20)29(33)31-23-12-15-25(16-13-23)37-28(21-9-5-4-6-10-21)30(34)32-26-17-14-24(35-2)19-27(26)36-3/h4-19,28H,1-3H3,(H,31,33)(H,32,34). The molecule has 4 aromatic carbocycles. The van der Waals surface area contributed by atoms with Gasteiger partial charge in [0.25, 0.3) is 5.91 Å². The number of amides is 2. The van der Waals surface area contributed by atoms with Crippen LogP contribution in [0.1, 0.15) is 26.7 Å². The van der Waals surface area contributed by atoms with Gasteiger partial charge in [-0.15, -0.1) is 11.8 Å². The molecule has 0 fully saturated rings. The van der Waals surface area contributed by atoms with Crippen molar-refractivity contribution in [2.75, 3.05) is 24.9 Å². The maximum atomic E-state index is 13.5. The number of methoxy groups -OCH3 is 2. The molecule has 2 amide bonds. The molecule has 0 aliphatic carbocycles. The van der Waals surface area contributed by atoms with Crippen LogP contribution in [0.5, 0.6) is 11.5 Å². The van der Waals surface area contributed by atoms with Crippen LogP contribution in [0, 0.1) is 6.92 Å². The first-order valence-electron chi connectivity index (χ1n) is 11.7. The summed E-state index contributed by atoms with van der Waals surface area (Å²) < 4.78 is 10.7. The molecule has 0 saturated heterocycles. The van der Waals surface area contributed by atoms with Crippen molar-refractivity contribution in [2.45, 2.75) is 17.1 Å². The zero-order valence-corrected chi connectivity index (χ0v) is 21.7. The van der Waals surface area contributed by atoms with Gasteiger partial charge in [0.2, 0.25) is 5.91 Å². The van der Waals surface area contributed by atoms with E-state index in [0.717, 1.165) is 16.0 Å². The molecule has 4 rings (SSSR count). The molecule has 0 spiro atoms. The van der Waals surface area contributed by atoms with Crippen LogP contribution in [0.25, 0.3) is 0 Å². The largest absolute Gasteiger partial charge is 0.497 e. The minimum Gasteiger partial charge on any atom is -0.497 e. The summed E-state index contributed by atoms with van der Waals surface area (Å²) in [6.07, 6.45) is 0. The summed E-state index contributed by atoms with van der Waals surface area (Å²) in [5.41, 5.74) is 3.74. The van der Waals surface area contributed by atoms with Gasteiger partial charge in [0.05, 0.1) is 19.9 Å². The van der Waals surface area contributed by atoms with E-state index in [1.807, 2.05) is 79.7 Å². The molecule has 0 saturated carbocycles. The molecule has 6 nitrogen and oxygen atoms in total. The van der Waals surface area contributed by atoms with Crippen LogP contribution in [0.4, 0.5) is 11.4 Å². The number of aryl methyl sites for hydroxylation is 1. The van der Waals surface area contributed by atoms with E-state index in [1.165, 1.54) is 11.8 Å². The van der Waals surface area contributed by atoms with Crippen LogP contribution in [-0.4, -0.2) is 26.0 Å². The van der Waals surface area contributed by atoms with E-state index in [-0.39, 0.29) is 11.8 Å². The van der Waals surface area contributed by atoms with Gasteiger partial charge in [0.1, 0.15) is 16.7 Å². The Morgan fingerprint density at radius 3 is 2.22 bits per heavy atom. The highest BCUT2D eigenvalue weighted by molar-refractivity contribution is 8.00. The van der Waals surface area contributed by atoms with Gasteiger partial charge in [0.15, 0.2) is 0 Å². The molecule has 1 atom stereocenters. The first-order valence-corrected chi connectivity index (χ1v) is 12.6. The number of nitrogens with one attached hydrogen (secondary N) is 2. The molecule has 0 aliphatic rings. The lowest BCUT2D eigenvalue weighted by atomic mass is 10.1. The highest BCUT2D eigenvalue weighted by Gasteiger charge is 2.23. The Morgan fingerprint density at radius 2 is 1.54 bits per heavy atom. The number of carbonyl (C=O) groups excluding carboxylic acids is 2. The van der Waals surface area contributed by atoms with Crippen molar-refractivity contribution in [3.05, 3.63) is 114 Å². The molecule has 0 bridgehead atoms. The van der Waals surface area contributed by atoms with E-state index < -0.39 is 5.25 Å². The molecule has 188 valence electrons. The predicted octanol–water partition coefficient (Wildman–Crippen LogP) is 6.74. The average Bonchev–Trinajstić information content (AvgIpc) is 2.93. The molecular formula is C30H28N2O4S. The third-order valence-electron chi connectivity index (χ3n) is 5.65. The summed E-state index contributed by atoms with van der Waals surface area (Å²) in [5.74, 6) is 0.798. The lowest BCUT2D eigenvalue weighted by molar-refractivity contribution is -0.115. The van der Waals surface area contributed by atoms with E-state index in [2.05, 4.69) is 10.6 Å². The lowest BCUT2D eigenvalue weighted by Gasteiger charge is -2.19. The molecule has 0 aromatic heterocycles. The first kappa shape index (κ1) is 25.9. The van der Waals surface area contributed by atoms with Crippen molar-refractivity contribution in [3.63, 3.8) is 0 Å². The van der Waals surface area contributed by atoms with Crippen molar-refractivity contribution >= 4 is 35.0 Å². The van der Waals surface area contributed by atoms with E-state index in [1.54, 1.807) is 38.5 Å². The third-order valence-corrected chi connectivity index (χ3v) is 6.92. The van der Waals surface area contributed by atoms with Gasteiger partial charge in [-0.05, 0) is 61.0 Å². The van der Waals surface area contributed by atoms with E-state index >= 15 is 0 Å². The molecule has 0 aliphatic heterocycles. The number of hydrogen-bond acceptors (Lipinski definition) is 5. The van der Waals surface area contributed by atoms with E-state index in [9.17, 15) is 9.59 Å². The van der Waals surface area contributed by atoms with Gasteiger partial charge in [0, 0.05) is 22.2 Å². The van der Waals surface area contributed by atoms with Crippen molar-refractivity contribution in [2.24, 2.45) is 0 Å². The molecule has 37 heavy (non-hydrogen) atoms. The summed E-state index contributed by atoms with van der Waals surface area (Å²) in [5, 5.41) is 5.40. The highest BCUT2D eigenvalue weighted by atomic mass is 32.2. The number of carbonyl (C=O) groups is 2. The van der Waals surface area contributed by atoms with Gasteiger partial charge >= 0.3 is 0 Å². The molecule has 4 aromatic rings. The van der Waals surface area contributed by atoms with Gasteiger partial charge < -0.3 is 20.1 Å². The molecule has 0 radical (unpaired) electrons. The Morgan fingerprint density at radius 1 is 0.784 bits per heavy atom. The average molecular weight is 513 g/mol. The topological polar surface area (TPSA) is 76.7 Å². The maximum Gasteiger partial charge on any atom is 0.255 e. The normalized spacial score (nSPS) is 11.3. The molecule has 0 heterocycles. The van der Waals surface area contributed by atoms with Crippen LogP contribution < -0.4 is 20.1 Å². The van der Waals surface area contributed by atoms with Crippen LogP contribution in [0.15, 0.2) is 102 Å². The van der Waals surface area contributed by atoms with E-state index in [4.69, 9.17) is 9.47 Å². The Balaban J connectivity index is 1.51. The quantitative estimate of drug-likeness (QED) is 0.243. The summed E-state index contributed by atoms with van der Waals surface area (Å²) >= 11 is 1.43. The highest BCUT2D eigenvalue weighted by Crippen LogP contribution is 2.38. The molecular weight excluding hydrogens is 484 g/mol. The van der Waals surface area contributed by atoms with Crippen molar-refractivity contribution < 1.29 is 19.1 Å². The van der Waals surface area contributed by atoms with Crippen molar-refractivity contribution in [3.8, 4) is 11.5 Å². The van der Waals surface area contributed by atoms with Gasteiger partial charge in [-0.1, -0.05) is 48.0 Å². The van der Waals surface area contributed by atoms with Gasteiger partial charge in [-0.3, -0.25) is 9.59 Å². The fraction of sp³-hybridized carbons (Fsp3) is 0.133. The SMILES string of the molecule is COc1ccc(NC(=O)C(Sc2ccc(NC(=O)c3cccc(C)c3)cc2)c2ccccc2)c(OC)c1. The molecule has 7 heteroatoms. The smallest absolute Gasteiger partial charge is 0.255 e. The number of anilines is 2. The lowest BCUT2D eigenvalue weighted by Crippen LogP contribution is -2.19. The zero-order valence-electron chi connectivity index (χ0n) is 20.9. The van der Waals surface area contributed by atoms with Crippen LogP contribution in [0.2, 0.25) is 0 Å². The zero-order chi connectivity index (χ0) is 26.2. The number of thioether (sulfide) groups is 1. The summed E-state index contributed by atoms with van der Waals surface area (Å²) in [7, 11) is 3.13. The first-order chi connectivity index (χ1) is 18.0. The van der Waals surface area contributed by atoms with Crippen LogP contribution >= 0.6 is 11.8 Å². The second-order valence-corrected chi connectivity index (χ2v) is 9.49. The third kappa shape index (κ3) is 6.71. The van der Waals surface area contributed by atoms with Gasteiger partial charge in [-0.2, -0.15) is 0 Å². The Labute approximate surface area is 221 Å². The minimum absolute atomic E-state index is 0.168. The fourth-order valence-corrected chi connectivity index (χ4v) is 4.77. The minimum atomic E-state index is -0.513. The number of hydrogen-bond donors (Lipinski definition) is 2. The molecule has 1 unspecified atom stereocenters. The number of ether oxygens (including phenoxy) is 2. The number of rotatable bonds is 9. The summed E-state index contributed by atoms with van der Waals surface area (Å²) in [4.78, 5) is 26.9. The van der Waals surface area contributed by atoms with Crippen molar-refractivity contribution in [1.82, 2.24) is 0 Å². The summed E-state index contributed by atoms with van der Waals surface area (Å²) in [6, 6.07) is 29.8. The van der Waals surface area contributed by atoms with Crippen LogP contribution in [-0.2, 0) is 4.79 Å². The Bertz CT molecular complexity index is 1370. The second-order valence-electron chi connectivity index (χ2n) is 8.31. The fourth-order valence-electron chi connectivity index (χ4n) is 3.74. The van der Waals surface area contributed by atoms with Crippen LogP contribution in [0.3, 0.4) is 0 Å². The predicted molar refractivity (Wildman–Crippen MR) is 149 cm³/mol. The monoisotopic (exact) mass is 512 g/mol. The molecule has 2 N–H and O–H groups in total. The number of benzene rings is 4. The van der Waals surface area contributed by atoms with E-state index in [0.29, 0.717) is 28.4 Å². The maximum absolute atomic E-state index is 13.5. The second kappa shape index (κ2) is 12.1. The summed E-state index contributed by atoms with van der Waals surface area (Å²) in [6.45, 7) is 1.95. The van der Waals surface area contributed by atoms with Crippen molar-refractivity contribution in [1.29, 1.82) is 0 Å². The Kier molecular flexibility index (Phi) is 8.48. The van der Waals surface area contributed by atoms with Gasteiger partial charge in [-0.25, -0.2) is 0 Å².